The molecule has 72 heavy (non-hydrogen) atoms. The molecule has 4 aliphatic rings. The number of anilines is 1. The van der Waals surface area contributed by atoms with Crippen molar-refractivity contribution in [1.29, 1.82) is 0 Å². The van der Waals surface area contributed by atoms with Gasteiger partial charge in [0.2, 0.25) is 23.6 Å². The highest BCUT2D eigenvalue weighted by molar-refractivity contribution is 5.93. The molecule has 2 aliphatic carbocycles. The van der Waals surface area contributed by atoms with E-state index in [9.17, 15) is 32.3 Å². The lowest BCUT2D eigenvalue weighted by molar-refractivity contribution is -0.137. The molecule has 1 aromatic carbocycles. The van der Waals surface area contributed by atoms with Gasteiger partial charge in [-0.15, -0.1) is 0 Å². The topological polar surface area (TPSA) is 202 Å². The Kier molecular flexibility index (Phi) is 19.9. The molecule has 2 saturated heterocycles. The molecule has 4 heterocycles. The molecule has 2 saturated carbocycles. The number of pyridine rings is 1. The van der Waals surface area contributed by atoms with Crippen molar-refractivity contribution in [1.82, 2.24) is 45.6 Å². The number of aromatic nitrogens is 3. The minimum absolute atomic E-state index is 0.0328. The minimum atomic E-state index is -4.52. The number of alkyl halides is 3. The monoisotopic (exact) mass is 1010 g/mol. The first-order valence-electron chi connectivity index (χ1n) is 25.6. The highest BCUT2D eigenvalue weighted by atomic mass is 19.4. The molecular formula is C51H73F3N10O8. The van der Waals surface area contributed by atoms with Gasteiger partial charge in [0.25, 0.3) is 0 Å². The summed E-state index contributed by atoms with van der Waals surface area (Å²) < 4.78 is 63.2. The zero-order valence-corrected chi connectivity index (χ0v) is 42.0. The van der Waals surface area contributed by atoms with Gasteiger partial charge in [0, 0.05) is 87.0 Å². The Bertz CT molecular complexity index is 2240. The summed E-state index contributed by atoms with van der Waals surface area (Å²) >= 11 is 0. The molecule has 6 atom stereocenters. The van der Waals surface area contributed by atoms with Crippen LogP contribution in [0.25, 0.3) is 10.9 Å². The summed E-state index contributed by atoms with van der Waals surface area (Å²) in [5.74, 6) is -0.666. The first-order valence-corrected chi connectivity index (χ1v) is 25.6. The van der Waals surface area contributed by atoms with Crippen LogP contribution in [0.3, 0.4) is 0 Å². The van der Waals surface area contributed by atoms with E-state index in [-0.39, 0.29) is 71.3 Å². The van der Waals surface area contributed by atoms with Crippen molar-refractivity contribution in [3.05, 3.63) is 60.2 Å². The number of likely N-dealkylation sites (tertiary alicyclic amines) is 2. The maximum atomic E-state index is 14.1. The van der Waals surface area contributed by atoms with E-state index in [2.05, 4.69) is 62.0 Å². The Balaban J connectivity index is 0.737. The van der Waals surface area contributed by atoms with Gasteiger partial charge in [-0.2, -0.15) is 13.2 Å². The standard InChI is InChI=1S/C51H73F3N10O8/c1-33(2)62(3)38-12-14-44(64-19-15-42(50(64)68)61-47-39-28-36(51(52,53)54)9-13-41(39)58-32-59-47)43(29-38)60-37-10-7-34(8-11-37)48(66)56-17-20-69-22-24-71-26-27-72-25-23-70-21-18-57-49(67)40-30-45(65)63(4)46(40)35-6-5-16-55-31-35/h5-6,9,13,16,28,31-34,37-38,40,42-44,46,60H,7-8,10-12,14-15,17-27,29-30H2,1-4H3,(H,56,66)(H,57,67)(H,58,59,61)/t34?,37?,38-,40+,42+,43-,44+,46-/m1/s1. The molecule has 18 nitrogen and oxygen atoms in total. The summed E-state index contributed by atoms with van der Waals surface area (Å²) in [5.41, 5.74) is 0.395. The Hall–Kier alpha value is -5.06. The second-order valence-electron chi connectivity index (χ2n) is 19.7. The first-order chi connectivity index (χ1) is 34.7. The second kappa shape index (κ2) is 26.2. The largest absolute Gasteiger partial charge is 0.416 e. The number of halogens is 3. The summed E-state index contributed by atoms with van der Waals surface area (Å²) in [4.78, 5) is 71.0. The highest BCUT2D eigenvalue weighted by Crippen LogP contribution is 2.38. The van der Waals surface area contributed by atoms with Crippen molar-refractivity contribution < 1.29 is 51.3 Å². The molecule has 21 heteroatoms. The maximum Gasteiger partial charge on any atom is 0.416 e. The zero-order valence-electron chi connectivity index (χ0n) is 42.0. The maximum absolute atomic E-state index is 14.1. The van der Waals surface area contributed by atoms with Crippen LogP contribution in [0.1, 0.15) is 88.8 Å². The Labute approximate surface area is 420 Å². The third kappa shape index (κ3) is 14.6. The number of nitrogens with one attached hydrogen (secondary N) is 4. The van der Waals surface area contributed by atoms with E-state index in [4.69, 9.17) is 18.9 Å². The lowest BCUT2D eigenvalue weighted by Gasteiger charge is -2.46. The molecule has 0 spiro atoms. The molecular weight excluding hydrogens is 938 g/mol. The molecule has 396 valence electrons. The van der Waals surface area contributed by atoms with Crippen LogP contribution in [-0.2, 0) is 44.3 Å². The van der Waals surface area contributed by atoms with Gasteiger partial charge in [-0.1, -0.05) is 6.07 Å². The number of carbonyl (C=O) groups is 4. The first kappa shape index (κ1) is 54.7. The molecule has 4 fully saturated rings. The predicted octanol–water partition coefficient (Wildman–Crippen LogP) is 4.35. The number of hydrogen-bond acceptors (Lipinski definition) is 14. The summed E-state index contributed by atoms with van der Waals surface area (Å²) in [6.45, 7) is 8.64. The van der Waals surface area contributed by atoms with E-state index >= 15 is 0 Å². The van der Waals surface area contributed by atoms with E-state index < -0.39 is 23.7 Å². The number of amides is 4. The molecule has 0 bridgehead atoms. The summed E-state index contributed by atoms with van der Waals surface area (Å²) in [6.07, 6.45) is 6.61. The van der Waals surface area contributed by atoms with Crippen molar-refractivity contribution in [2.45, 2.75) is 120 Å². The van der Waals surface area contributed by atoms with E-state index in [0.29, 0.717) is 96.5 Å². The van der Waals surface area contributed by atoms with Crippen molar-refractivity contribution in [2.75, 3.05) is 91.9 Å². The summed E-state index contributed by atoms with van der Waals surface area (Å²) in [6, 6.07) is 6.96. The van der Waals surface area contributed by atoms with Crippen molar-refractivity contribution in [3.63, 3.8) is 0 Å². The number of hydrogen-bond donors (Lipinski definition) is 4. The fourth-order valence-electron chi connectivity index (χ4n) is 10.6. The predicted molar refractivity (Wildman–Crippen MR) is 262 cm³/mol. The van der Waals surface area contributed by atoms with Gasteiger partial charge in [-0.3, -0.25) is 24.2 Å². The molecule has 2 aliphatic heterocycles. The van der Waals surface area contributed by atoms with Crippen LogP contribution in [-0.4, -0.2) is 176 Å². The van der Waals surface area contributed by atoms with Gasteiger partial charge in [0.1, 0.15) is 18.2 Å². The van der Waals surface area contributed by atoms with Crippen molar-refractivity contribution >= 4 is 40.3 Å². The van der Waals surface area contributed by atoms with Crippen LogP contribution in [0, 0.1) is 11.8 Å². The SMILES string of the molecule is CC(C)N(C)[C@@H]1CC[C@H](N2CC[C@H](Nc3ncnc4ccc(C(F)(F)F)cc34)C2=O)[C@H](NC2CCC(C(=O)NCCOCCOCCOCCOCCNC(=O)[C@H]3CC(=O)N(C)[C@@H]3c3cccnc3)CC2)C1. The Morgan fingerprint density at radius 3 is 2.15 bits per heavy atom. The third-order valence-corrected chi connectivity index (χ3v) is 14.8. The Morgan fingerprint density at radius 1 is 0.847 bits per heavy atom. The lowest BCUT2D eigenvalue weighted by atomic mass is 9.81. The molecule has 4 amide bonds. The van der Waals surface area contributed by atoms with Crippen molar-refractivity contribution in [2.24, 2.45) is 11.8 Å². The highest BCUT2D eigenvalue weighted by Gasteiger charge is 2.45. The summed E-state index contributed by atoms with van der Waals surface area (Å²) in [7, 11) is 3.86. The average Bonchev–Trinajstić information content (AvgIpc) is 3.89. The Morgan fingerprint density at radius 2 is 1.51 bits per heavy atom. The molecule has 4 N–H and O–H groups in total. The van der Waals surface area contributed by atoms with Crippen LogP contribution in [0.2, 0.25) is 0 Å². The fourth-order valence-corrected chi connectivity index (χ4v) is 10.6. The molecule has 0 radical (unpaired) electrons. The molecule has 3 aromatic rings. The van der Waals surface area contributed by atoms with Gasteiger partial charge in [0.15, 0.2) is 0 Å². The van der Waals surface area contributed by atoms with Crippen molar-refractivity contribution in [3.8, 4) is 0 Å². The second-order valence-corrected chi connectivity index (χ2v) is 19.7. The molecule has 0 unspecified atom stereocenters. The smallest absolute Gasteiger partial charge is 0.377 e. The van der Waals surface area contributed by atoms with Crippen LogP contribution >= 0.6 is 0 Å². The molecule has 7 rings (SSSR count). The third-order valence-electron chi connectivity index (χ3n) is 14.8. The van der Waals surface area contributed by atoms with E-state index in [1.807, 2.05) is 11.0 Å². The van der Waals surface area contributed by atoms with E-state index in [1.165, 1.54) is 12.4 Å². The number of nitrogens with zero attached hydrogens (tertiary/aromatic N) is 6. The number of fused-ring (bicyclic) bond motifs is 1. The summed E-state index contributed by atoms with van der Waals surface area (Å²) in [5, 5.41) is 13.3. The molecule has 2 aromatic heterocycles. The number of rotatable bonds is 25. The number of benzene rings is 1. The van der Waals surface area contributed by atoms with Gasteiger partial charge in [0.05, 0.1) is 75.9 Å². The fraction of sp³-hybridized carbons (Fsp3) is 0.667. The number of carbonyl (C=O) groups excluding carboxylic acids is 4. The van der Waals surface area contributed by atoms with Crippen LogP contribution in [0.15, 0.2) is 49.1 Å². The number of ether oxygens (including phenoxy) is 4. The van der Waals surface area contributed by atoms with Gasteiger partial charge in [-0.05, 0) is 102 Å². The average molecular weight is 1010 g/mol. The van der Waals surface area contributed by atoms with Crippen LogP contribution < -0.4 is 21.3 Å². The normalized spacial score (nSPS) is 25.0. The van der Waals surface area contributed by atoms with Crippen LogP contribution in [0.5, 0.6) is 0 Å². The quantitative estimate of drug-likeness (QED) is 0.0873. The van der Waals surface area contributed by atoms with Gasteiger partial charge in [-0.25, -0.2) is 9.97 Å². The minimum Gasteiger partial charge on any atom is -0.377 e. The zero-order chi connectivity index (χ0) is 51.2. The van der Waals surface area contributed by atoms with E-state index in [0.717, 1.165) is 62.6 Å². The van der Waals surface area contributed by atoms with Gasteiger partial charge < -0.3 is 54.9 Å². The van der Waals surface area contributed by atoms with Gasteiger partial charge >= 0.3 is 6.18 Å². The van der Waals surface area contributed by atoms with E-state index in [1.54, 1.807) is 30.4 Å². The van der Waals surface area contributed by atoms with Crippen LogP contribution in [0.4, 0.5) is 19.0 Å². The lowest BCUT2D eigenvalue weighted by Crippen LogP contribution is -2.59.